The maximum atomic E-state index is 11.8. The molecule has 2 unspecified atom stereocenters. The Morgan fingerprint density at radius 3 is 2.69 bits per heavy atom. The molecule has 1 aliphatic carbocycles. The number of amides is 1. The quantitative estimate of drug-likeness (QED) is 0.524. The van der Waals surface area contributed by atoms with Gasteiger partial charge in [0.25, 0.3) is 0 Å². The summed E-state index contributed by atoms with van der Waals surface area (Å²) in [7, 11) is 0. The Morgan fingerprint density at radius 1 is 1.21 bits per heavy atom. The summed E-state index contributed by atoms with van der Waals surface area (Å²) in [6, 6.07) is 11.1. The van der Waals surface area contributed by atoms with Crippen molar-refractivity contribution in [3.05, 3.63) is 74.8 Å². The molecule has 2 aromatic carbocycles. The Labute approximate surface area is 179 Å². The van der Waals surface area contributed by atoms with E-state index in [0.717, 1.165) is 28.7 Å². The maximum Gasteiger partial charge on any atom is 0.510 e. The van der Waals surface area contributed by atoms with Crippen LogP contribution in [-0.4, -0.2) is 23.8 Å². The Balaban J connectivity index is 2.06. The molecule has 0 heterocycles. The van der Waals surface area contributed by atoms with E-state index in [2.05, 4.69) is 0 Å². The molecule has 5 nitrogen and oxygen atoms in total. The van der Waals surface area contributed by atoms with E-state index in [4.69, 9.17) is 27.9 Å². The molecule has 3 N–H and O–H groups in total. The molecule has 0 aromatic heterocycles. The maximum absolute atomic E-state index is 11.8. The average molecular weight is 435 g/mol. The number of hydrogen-bond acceptors (Lipinski definition) is 3. The number of primary amides is 1. The van der Waals surface area contributed by atoms with Gasteiger partial charge in [-0.15, -0.1) is 0 Å². The zero-order valence-corrected chi connectivity index (χ0v) is 17.4. The zero-order chi connectivity index (χ0) is 21.0. The van der Waals surface area contributed by atoms with Crippen LogP contribution < -0.4 is 5.32 Å². The Bertz CT molecular complexity index is 958. The van der Waals surface area contributed by atoms with Crippen LogP contribution in [0.5, 0.6) is 0 Å². The van der Waals surface area contributed by atoms with Crippen LogP contribution in [0.1, 0.15) is 54.0 Å². The predicted molar refractivity (Wildman–Crippen MR) is 112 cm³/mol. The van der Waals surface area contributed by atoms with Crippen LogP contribution in [0.2, 0.25) is 10.0 Å². The van der Waals surface area contributed by atoms with Gasteiger partial charge in [0.05, 0.1) is 16.7 Å². The fraction of sp³-hybridized carbons (Fsp3) is 0.273. The number of hydrogen-bond donors (Lipinski definition) is 2. The largest absolute Gasteiger partial charge is 0.510 e. The van der Waals surface area contributed by atoms with Gasteiger partial charge in [-0.05, 0) is 48.2 Å². The summed E-state index contributed by atoms with van der Waals surface area (Å²) in [5, 5.41) is 11.6. The van der Waals surface area contributed by atoms with Crippen LogP contribution in [0.25, 0.3) is 6.08 Å². The lowest BCUT2D eigenvalue weighted by Crippen LogP contribution is -2.88. The number of carboxylic acid groups (broad SMARTS) is 1. The first kappa shape index (κ1) is 21.4. The van der Waals surface area contributed by atoms with Crippen LogP contribution in [0.3, 0.4) is 0 Å². The van der Waals surface area contributed by atoms with Crippen molar-refractivity contribution in [1.29, 1.82) is 0 Å². The third-order valence-corrected chi connectivity index (χ3v) is 5.80. The Hall–Kier alpha value is -2.34. The summed E-state index contributed by atoms with van der Waals surface area (Å²) in [5.74, 6) is -0.366. The van der Waals surface area contributed by atoms with Gasteiger partial charge in [0, 0.05) is 24.0 Å². The molecule has 0 aliphatic heterocycles. The molecular formula is C22H22Cl2NO4+. The first-order valence-corrected chi connectivity index (χ1v) is 10.2. The second-order valence-corrected chi connectivity index (χ2v) is 7.66. The first-order valence-electron chi connectivity index (χ1n) is 9.41. The van der Waals surface area contributed by atoms with Gasteiger partial charge in [0.2, 0.25) is 0 Å². The molecule has 0 radical (unpaired) electrons. The molecule has 0 saturated carbocycles. The number of esters is 1. The number of halogens is 2. The standard InChI is InChI=1S/C22H21Cl2NO4/c1-2-29-20(26)11-7-13-4-3-5-16-15(14-6-9-17(23)18(24)12-14)8-10-19(21(13)16)25-22(27)28/h3-7,9,11-12,15,19,25H,2,8,10H2,1H3,(H,27,28)/p+1/b11-7+. The molecule has 2 atom stereocenters. The summed E-state index contributed by atoms with van der Waals surface area (Å²) >= 11 is 12.3. The molecule has 152 valence electrons. The van der Waals surface area contributed by atoms with Gasteiger partial charge in [0.15, 0.2) is 0 Å². The fourth-order valence-electron chi connectivity index (χ4n) is 3.89. The van der Waals surface area contributed by atoms with Crippen molar-refractivity contribution >= 4 is 41.3 Å². The lowest BCUT2D eigenvalue weighted by Gasteiger charge is -2.31. The molecule has 0 spiro atoms. The first-order chi connectivity index (χ1) is 13.9. The Kier molecular flexibility index (Phi) is 6.96. The van der Waals surface area contributed by atoms with E-state index >= 15 is 0 Å². The molecule has 1 amide bonds. The zero-order valence-electron chi connectivity index (χ0n) is 15.9. The molecule has 0 bridgehead atoms. The third kappa shape index (κ3) is 4.99. The highest BCUT2D eigenvalue weighted by atomic mass is 35.5. The smallest absolute Gasteiger partial charge is 0.463 e. The summed E-state index contributed by atoms with van der Waals surface area (Å²) in [4.78, 5) is 23.2. The minimum Gasteiger partial charge on any atom is -0.463 e. The Morgan fingerprint density at radius 2 is 2.00 bits per heavy atom. The van der Waals surface area contributed by atoms with Crippen molar-refractivity contribution in [2.24, 2.45) is 0 Å². The van der Waals surface area contributed by atoms with Crippen LogP contribution in [0.4, 0.5) is 4.79 Å². The van der Waals surface area contributed by atoms with Crippen LogP contribution in [0.15, 0.2) is 42.5 Å². The van der Waals surface area contributed by atoms with Gasteiger partial charge in [-0.2, -0.15) is 4.79 Å². The number of fused-ring (bicyclic) bond motifs is 1. The highest BCUT2D eigenvalue weighted by Gasteiger charge is 2.33. The van der Waals surface area contributed by atoms with Gasteiger partial charge in [-0.1, -0.05) is 47.5 Å². The topological polar surface area (TPSA) is 80.2 Å². The second kappa shape index (κ2) is 9.44. The minimum absolute atomic E-state index is 0.0640. The number of carbonyl (C=O) groups is 2. The van der Waals surface area contributed by atoms with E-state index in [1.807, 2.05) is 30.3 Å². The molecule has 7 heteroatoms. The van der Waals surface area contributed by atoms with E-state index in [-0.39, 0.29) is 12.0 Å². The molecule has 29 heavy (non-hydrogen) atoms. The number of nitrogens with two attached hydrogens (primary N) is 1. The monoisotopic (exact) mass is 434 g/mol. The molecule has 2 aromatic rings. The molecule has 0 saturated heterocycles. The van der Waals surface area contributed by atoms with Gasteiger partial charge in [-0.25, -0.2) is 10.1 Å². The lowest BCUT2D eigenvalue weighted by atomic mass is 9.75. The van der Waals surface area contributed by atoms with Gasteiger partial charge >= 0.3 is 12.1 Å². The SMILES string of the molecule is CCOC(=O)/C=C/c1cccc2c1C([NH2+]C(=O)O)CCC2c1ccc(Cl)c(Cl)c1. The van der Waals surface area contributed by atoms with Crippen molar-refractivity contribution < 1.29 is 24.7 Å². The fourth-order valence-corrected chi connectivity index (χ4v) is 4.19. The van der Waals surface area contributed by atoms with E-state index in [1.165, 1.54) is 11.4 Å². The second-order valence-electron chi connectivity index (χ2n) is 6.85. The van der Waals surface area contributed by atoms with E-state index < -0.39 is 12.1 Å². The summed E-state index contributed by atoms with van der Waals surface area (Å²) in [6.45, 7) is 2.04. The average Bonchev–Trinajstić information content (AvgIpc) is 2.68. The summed E-state index contributed by atoms with van der Waals surface area (Å²) in [6.07, 6.45) is 3.56. The van der Waals surface area contributed by atoms with Crippen molar-refractivity contribution in [2.45, 2.75) is 31.7 Å². The summed E-state index contributed by atoms with van der Waals surface area (Å²) in [5.41, 5.74) is 3.78. The summed E-state index contributed by atoms with van der Waals surface area (Å²) < 4.78 is 4.96. The number of carbonyl (C=O) groups excluding carboxylic acids is 1. The van der Waals surface area contributed by atoms with Crippen molar-refractivity contribution in [3.63, 3.8) is 0 Å². The third-order valence-electron chi connectivity index (χ3n) is 5.06. The molecule has 0 fully saturated rings. The number of benzene rings is 2. The van der Waals surface area contributed by atoms with Gasteiger partial charge in [-0.3, -0.25) is 0 Å². The number of ether oxygens (including phenoxy) is 1. The van der Waals surface area contributed by atoms with Gasteiger partial charge < -0.3 is 9.84 Å². The number of quaternary nitrogens is 1. The van der Waals surface area contributed by atoms with Crippen LogP contribution in [-0.2, 0) is 9.53 Å². The highest BCUT2D eigenvalue weighted by molar-refractivity contribution is 6.42. The van der Waals surface area contributed by atoms with E-state index in [9.17, 15) is 14.7 Å². The van der Waals surface area contributed by atoms with E-state index in [0.29, 0.717) is 23.1 Å². The molecule has 1 aliphatic rings. The number of rotatable bonds is 5. The minimum atomic E-state index is -0.960. The molecular weight excluding hydrogens is 413 g/mol. The molecule has 3 rings (SSSR count). The van der Waals surface area contributed by atoms with Crippen LogP contribution >= 0.6 is 23.2 Å². The van der Waals surface area contributed by atoms with Crippen LogP contribution in [0, 0.1) is 0 Å². The van der Waals surface area contributed by atoms with Crippen molar-refractivity contribution in [3.8, 4) is 0 Å². The predicted octanol–water partition coefficient (Wildman–Crippen LogP) is 4.78. The van der Waals surface area contributed by atoms with Crippen molar-refractivity contribution in [1.82, 2.24) is 0 Å². The van der Waals surface area contributed by atoms with E-state index in [1.54, 1.807) is 19.1 Å². The highest BCUT2D eigenvalue weighted by Crippen LogP contribution is 2.42. The van der Waals surface area contributed by atoms with Gasteiger partial charge in [0.1, 0.15) is 6.04 Å². The van der Waals surface area contributed by atoms with Crippen molar-refractivity contribution in [2.75, 3.05) is 6.61 Å². The normalized spacial score (nSPS) is 18.4. The lowest BCUT2D eigenvalue weighted by molar-refractivity contribution is -0.615.